The van der Waals surface area contributed by atoms with Gasteiger partial charge in [-0.1, -0.05) is 17.7 Å². The lowest BCUT2D eigenvalue weighted by Crippen LogP contribution is -2.29. The number of hydrogen-bond acceptors (Lipinski definition) is 11. The predicted octanol–water partition coefficient (Wildman–Crippen LogP) is 7.20. The molecule has 7 aromatic carbocycles. The standard InChI is InChI=1S/C52H28N4O11/c1-27-2-20-37-39(22-27)47(60)53(45(37)58)29-4-12-33(13-5-29)66-35-16-8-31(9-17-35)55-49(62)41-24-43-44(25-42(41)50(55)63)52(65)56(51(43)64)32-10-18-36(19-11-32)67-34-14-6-30(7-15-34)54-46(59)38-21-3-28(26-57)23-40(38)48(54)61/h2-26H,1H3. The normalized spacial score (nSPS) is 13.2. The second-order valence-corrected chi connectivity index (χ2v) is 15.9. The third-order valence-corrected chi connectivity index (χ3v) is 11.8. The Hall–Kier alpha value is -9.63. The highest BCUT2D eigenvalue weighted by molar-refractivity contribution is 6.35. The Morgan fingerprint density at radius 2 is 0.687 bits per heavy atom. The summed E-state index contributed by atoms with van der Waals surface area (Å²) in [4.78, 5) is 120. The van der Waals surface area contributed by atoms with E-state index < -0.39 is 45.9 Å². The molecule has 2 aliphatic heterocycles. The van der Waals surface area contributed by atoms with Crippen LogP contribution < -0.4 is 41.5 Å². The van der Waals surface area contributed by atoms with Gasteiger partial charge in [0.05, 0.1) is 66.5 Å². The highest BCUT2D eigenvalue weighted by Gasteiger charge is 2.38. The van der Waals surface area contributed by atoms with Crippen molar-refractivity contribution in [3.8, 4) is 34.4 Å². The first-order valence-electron chi connectivity index (χ1n) is 20.6. The molecule has 15 heteroatoms. The zero-order valence-electron chi connectivity index (χ0n) is 34.7. The van der Waals surface area contributed by atoms with E-state index in [2.05, 4.69) is 0 Å². The van der Waals surface area contributed by atoms with Crippen molar-refractivity contribution in [2.24, 2.45) is 0 Å². The summed E-state index contributed by atoms with van der Waals surface area (Å²) < 4.78 is 13.8. The van der Waals surface area contributed by atoms with Gasteiger partial charge in [0.25, 0.3) is 45.9 Å². The Morgan fingerprint density at radius 3 is 1.06 bits per heavy atom. The number of carbonyl (C=O) groups is 5. The van der Waals surface area contributed by atoms with Gasteiger partial charge in [0, 0.05) is 5.56 Å². The first-order valence-corrected chi connectivity index (χ1v) is 20.6. The van der Waals surface area contributed by atoms with Crippen molar-refractivity contribution in [3.63, 3.8) is 0 Å². The highest BCUT2D eigenvalue weighted by Crippen LogP contribution is 2.33. The van der Waals surface area contributed by atoms with Crippen molar-refractivity contribution in [3.05, 3.63) is 220 Å². The summed E-state index contributed by atoms with van der Waals surface area (Å²) in [6, 6.07) is 36.8. The number of amides is 4. The zero-order chi connectivity index (χ0) is 46.4. The molecule has 0 aliphatic carbocycles. The van der Waals surface area contributed by atoms with Gasteiger partial charge in [0.2, 0.25) is 0 Å². The van der Waals surface area contributed by atoms with Crippen LogP contribution in [0.25, 0.3) is 32.9 Å². The summed E-state index contributed by atoms with van der Waals surface area (Å²) in [5.74, 6) is -0.418. The Labute approximate surface area is 375 Å². The zero-order valence-corrected chi connectivity index (χ0v) is 34.7. The Morgan fingerprint density at radius 1 is 0.358 bits per heavy atom. The molecule has 11 rings (SSSR count). The van der Waals surface area contributed by atoms with Crippen LogP contribution in [0.1, 0.15) is 57.4 Å². The summed E-state index contributed by atoms with van der Waals surface area (Å²) >= 11 is 0. The minimum atomic E-state index is -0.686. The molecular weight excluding hydrogens is 857 g/mol. The molecule has 0 fully saturated rings. The average Bonchev–Trinajstić information content (AvgIpc) is 3.94. The van der Waals surface area contributed by atoms with E-state index in [1.807, 2.05) is 6.92 Å². The third-order valence-electron chi connectivity index (χ3n) is 11.8. The van der Waals surface area contributed by atoms with E-state index in [4.69, 9.17) is 9.47 Å². The summed E-state index contributed by atoms with van der Waals surface area (Å²) in [7, 11) is 0. The molecule has 15 nitrogen and oxygen atoms in total. The molecule has 4 amide bonds. The maximum absolute atomic E-state index is 13.7. The van der Waals surface area contributed by atoms with Gasteiger partial charge in [-0.3, -0.25) is 43.2 Å². The molecule has 0 bridgehead atoms. The summed E-state index contributed by atoms with van der Waals surface area (Å²) in [5.41, 5.74) is 0.561. The summed E-state index contributed by atoms with van der Waals surface area (Å²) in [5, 5.41) is -0.153. The first-order chi connectivity index (χ1) is 32.4. The number of anilines is 2. The number of imide groups is 2. The molecule has 0 spiro atoms. The lowest BCUT2D eigenvalue weighted by atomic mass is 10.1. The lowest BCUT2D eigenvalue weighted by molar-refractivity contribution is 0.0910. The molecule has 0 N–H and O–H groups in total. The van der Waals surface area contributed by atoms with Gasteiger partial charge in [0.15, 0.2) is 0 Å². The van der Waals surface area contributed by atoms with E-state index in [9.17, 15) is 43.2 Å². The van der Waals surface area contributed by atoms with E-state index in [-0.39, 0.29) is 49.6 Å². The number of ether oxygens (including phenoxy) is 2. The molecule has 322 valence electrons. The van der Waals surface area contributed by atoms with Gasteiger partial charge >= 0.3 is 0 Å². The maximum Gasteiger partial charge on any atom is 0.266 e. The van der Waals surface area contributed by atoms with Crippen molar-refractivity contribution in [2.75, 3.05) is 9.80 Å². The number of benzene rings is 7. The Balaban J connectivity index is 0.793. The van der Waals surface area contributed by atoms with Crippen LogP contribution in [-0.4, -0.2) is 39.0 Å². The molecule has 0 unspecified atom stereocenters. The fourth-order valence-electron chi connectivity index (χ4n) is 8.52. The second-order valence-electron chi connectivity index (χ2n) is 15.9. The number of aromatic nitrogens is 2. The predicted molar refractivity (Wildman–Crippen MR) is 246 cm³/mol. The third kappa shape index (κ3) is 6.32. The van der Waals surface area contributed by atoms with E-state index in [1.54, 1.807) is 78.9 Å². The number of aldehydes is 1. The fourth-order valence-corrected chi connectivity index (χ4v) is 8.52. The van der Waals surface area contributed by atoms with Crippen LogP contribution in [0.15, 0.2) is 165 Å². The minimum Gasteiger partial charge on any atom is -0.457 e. The van der Waals surface area contributed by atoms with Crippen molar-refractivity contribution in [2.45, 2.75) is 6.92 Å². The van der Waals surface area contributed by atoms with Gasteiger partial charge in [-0.15, -0.1) is 0 Å². The number of fused-ring (bicyclic) bond motifs is 4. The van der Waals surface area contributed by atoms with Crippen molar-refractivity contribution < 1.29 is 33.4 Å². The van der Waals surface area contributed by atoms with Crippen LogP contribution in [0.2, 0.25) is 0 Å². The molecule has 0 radical (unpaired) electrons. The van der Waals surface area contributed by atoms with Crippen LogP contribution in [0.3, 0.4) is 0 Å². The van der Waals surface area contributed by atoms with Gasteiger partial charge in [-0.25, -0.2) is 18.9 Å². The molecule has 67 heavy (non-hydrogen) atoms. The van der Waals surface area contributed by atoms with Crippen molar-refractivity contribution in [1.82, 2.24) is 9.13 Å². The maximum atomic E-state index is 13.7. The number of rotatable bonds is 9. The number of hydrogen-bond donors (Lipinski definition) is 0. The van der Waals surface area contributed by atoms with Gasteiger partial charge in [-0.2, -0.15) is 0 Å². The van der Waals surface area contributed by atoms with Crippen LogP contribution in [-0.2, 0) is 0 Å². The molecular formula is C52H28N4O11. The number of aryl methyl sites for hydroxylation is 1. The van der Waals surface area contributed by atoms with Gasteiger partial charge < -0.3 is 9.47 Å². The van der Waals surface area contributed by atoms with Crippen molar-refractivity contribution >= 4 is 62.8 Å². The fraction of sp³-hybridized carbons (Fsp3) is 0.0192. The topological polar surface area (TPSA) is 188 Å². The molecule has 4 heterocycles. The lowest BCUT2D eigenvalue weighted by Gasteiger charge is -2.14. The Kier molecular flexibility index (Phi) is 8.99. The number of nitrogens with zero attached hydrogens (tertiary/aromatic N) is 4. The van der Waals surface area contributed by atoms with Crippen LogP contribution >= 0.6 is 0 Å². The smallest absolute Gasteiger partial charge is 0.266 e. The molecule has 0 saturated heterocycles. The highest BCUT2D eigenvalue weighted by atomic mass is 16.5. The van der Waals surface area contributed by atoms with E-state index >= 15 is 0 Å². The SMILES string of the molecule is Cc1ccc2c(c1)C(=O)N(c1ccc(Oc3ccc(-n4c(=O)c5cc6c(=O)n(-c7ccc(Oc8ccc(N9C(=O)c%10ccc(C=O)cc%10C9=O)cc8)cc7)c(=O)c6cc5c4=O)cc3)cc1)C2=O. The van der Waals surface area contributed by atoms with Gasteiger partial charge in [0.1, 0.15) is 29.3 Å². The summed E-state index contributed by atoms with van der Waals surface area (Å²) in [6.07, 6.45) is 0.599. The number of carbonyl (C=O) groups excluding carboxylic acids is 5. The molecule has 0 atom stereocenters. The summed E-state index contributed by atoms with van der Waals surface area (Å²) in [6.45, 7) is 1.85. The molecule has 9 aromatic rings. The van der Waals surface area contributed by atoms with E-state index in [0.29, 0.717) is 51.8 Å². The first kappa shape index (κ1) is 40.2. The molecule has 2 aromatic heterocycles. The van der Waals surface area contributed by atoms with Crippen LogP contribution in [0, 0.1) is 6.92 Å². The monoisotopic (exact) mass is 884 g/mol. The minimum absolute atomic E-state index is 0.0369. The largest absolute Gasteiger partial charge is 0.457 e. The quantitative estimate of drug-likeness (QED) is 0.105. The average molecular weight is 885 g/mol. The molecule has 0 saturated carbocycles. The van der Waals surface area contributed by atoms with E-state index in [1.165, 1.54) is 66.7 Å². The Bertz CT molecular complexity index is 3800. The van der Waals surface area contributed by atoms with E-state index in [0.717, 1.165) is 24.5 Å². The second kappa shape index (κ2) is 15.0. The van der Waals surface area contributed by atoms with Crippen LogP contribution in [0.5, 0.6) is 23.0 Å². The van der Waals surface area contributed by atoms with Crippen molar-refractivity contribution in [1.29, 1.82) is 0 Å². The van der Waals surface area contributed by atoms with Crippen LogP contribution in [0.4, 0.5) is 11.4 Å². The molecule has 2 aliphatic rings. The van der Waals surface area contributed by atoms with Gasteiger partial charge in [-0.05, 0) is 140 Å².